The van der Waals surface area contributed by atoms with Crippen LogP contribution in [0.25, 0.3) is 0 Å². The number of rotatable bonds is 62. The summed E-state index contributed by atoms with van der Waals surface area (Å²) in [7, 11) is 0. The molecule has 0 bridgehead atoms. The fraction of sp³-hybridized carbons (Fsp3) is 0.925. The number of nitrogens with one attached hydrogen (secondary N) is 1. The molecule has 1 amide bonds. The van der Waals surface area contributed by atoms with Gasteiger partial charge in [0.05, 0.1) is 18.8 Å². The number of amides is 1. The maximum Gasteiger partial charge on any atom is 0.220 e. The van der Waals surface area contributed by atoms with Crippen LogP contribution in [0.5, 0.6) is 0 Å². The van der Waals surface area contributed by atoms with Crippen molar-refractivity contribution in [1.82, 2.24) is 5.32 Å². The lowest BCUT2D eigenvalue weighted by Crippen LogP contribution is -2.50. The lowest BCUT2D eigenvalue weighted by Gasteiger charge is -2.26. The molecule has 0 rings (SSSR count). The number of unbranched alkanes of at least 4 members (excludes halogenated alkanes) is 50. The molecule has 0 aliphatic heterocycles. The van der Waals surface area contributed by atoms with E-state index >= 15 is 0 Å². The van der Waals surface area contributed by atoms with Crippen LogP contribution in [0.2, 0.25) is 0 Å². The molecule has 0 heterocycles. The zero-order valence-electron chi connectivity index (χ0n) is 49.1. The summed E-state index contributed by atoms with van der Waals surface area (Å²) in [5, 5.41) is 33.8. The first-order valence-electron chi connectivity index (χ1n) is 33.1. The highest BCUT2D eigenvalue weighted by molar-refractivity contribution is 5.76. The summed E-state index contributed by atoms with van der Waals surface area (Å²) in [6.45, 7) is 4.21. The highest BCUT2D eigenvalue weighted by atomic mass is 16.3. The Labute approximate surface area is 452 Å². The number of aliphatic hydroxyl groups excluding tert-OH is 3. The summed E-state index contributed by atoms with van der Waals surface area (Å²) in [6, 6.07) is -0.831. The Morgan fingerprint density at radius 1 is 0.333 bits per heavy atom. The molecular formula is C67H131NO4. The smallest absolute Gasteiger partial charge is 0.220 e. The van der Waals surface area contributed by atoms with E-state index in [9.17, 15) is 20.1 Å². The minimum atomic E-state index is -1.17. The number of carbonyl (C=O) groups excluding carboxylic acids is 1. The molecule has 0 radical (unpaired) electrons. The van der Waals surface area contributed by atoms with Gasteiger partial charge in [0.25, 0.3) is 0 Å². The SMILES string of the molecule is CCCCCCCCCCCCCCCC/C=C/CC/C=C/CCCC(O)C(O)C(CO)NC(=O)CCCCCCCCCCCCCCCCCCCCCCCCCCCCCCCCCCCCC. The number of aliphatic hydroxyl groups is 3. The van der Waals surface area contributed by atoms with Crippen LogP contribution in [0.3, 0.4) is 0 Å². The van der Waals surface area contributed by atoms with Crippen LogP contribution in [0.15, 0.2) is 24.3 Å². The minimum Gasteiger partial charge on any atom is -0.394 e. The molecule has 428 valence electrons. The van der Waals surface area contributed by atoms with Crippen LogP contribution >= 0.6 is 0 Å². The van der Waals surface area contributed by atoms with Gasteiger partial charge in [0.1, 0.15) is 6.10 Å². The van der Waals surface area contributed by atoms with Gasteiger partial charge in [-0.05, 0) is 51.4 Å². The van der Waals surface area contributed by atoms with Gasteiger partial charge in [0, 0.05) is 6.42 Å². The Hall–Kier alpha value is -1.17. The Kier molecular flexibility index (Phi) is 61.4. The number of allylic oxidation sites excluding steroid dienone is 4. The molecule has 5 nitrogen and oxygen atoms in total. The molecule has 0 saturated heterocycles. The predicted molar refractivity (Wildman–Crippen MR) is 319 cm³/mol. The normalized spacial score (nSPS) is 13.2. The van der Waals surface area contributed by atoms with Crippen molar-refractivity contribution in [2.45, 2.75) is 392 Å². The highest BCUT2D eigenvalue weighted by Crippen LogP contribution is 2.19. The molecule has 72 heavy (non-hydrogen) atoms. The van der Waals surface area contributed by atoms with Crippen molar-refractivity contribution in [2.75, 3.05) is 6.61 Å². The molecule has 0 aromatic heterocycles. The van der Waals surface area contributed by atoms with Crippen LogP contribution in [0.1, 0.15) is 373 Å². The van der Waals surface area contributed by atoms with E-state index < -0.39 is 18.2 Å². The van der Waals surface area contributed by atoms with Crippen LogP contribution in [0.4, 0.5) is 0 Å². The molecule has 0 aromatic rings. The van der Waals surface area contributed by atoms with Crippen molar-refractivity contribution in [3.63, 3.8) is 0 Å². The van der Waals surface area contributed by atoms with Crippen molar-refractivity contribution in [1.29, 1.82) is 0 Å². The first kappa shape index (κ1) is 70.8. The van der Waals surface area contributed by atoms with Crippen LogP contribution in [-0.4, -0.2) is 46.1 Å². The zero-order chi connectivity index (χ0) is 52.2. The molecule has 4 N–H and O–H groups in total. The van der Waals surface area contributed by atoms with Crippen LogP contribution in [0, 0.1) is 0 Å². The maximum atomic E-state index is 12.6. The zero-order valence-corrected chi connectivity index (χ0v) is 49.1. The standard InChI is InChI=1S/C67H131NO4/c1-3-5-7-9-11-13-15-17-19-21-23-25-27-28-29-30-31-32-33-34-35-36-37-38-40-42-44-46-48-50-52-54-56-58-60-62-66(71)68-64(63-69)67(72)65(70)61-59-57-55-53-51-49-47-45-43-41-39-26-24-22-20-18-16-14-12-10-8-6-4-2/h45,47,53,55,64-65,67,69-70,72H,3-44,46,48-52,54,56-63H2,1-2H3,(H,68,71)/b47-45+,55-53+. The van der Waals surface area contributed by atoms with Crippen molar-refractivity contribution in [2.24, 2.45) is 0 Å². The van der Waals surface area contributed by atoms with Gasteiger partial charge in [0.15, 0.2) is 0 Å². The lowest BCUT2D eigenvalue weighted by atomic mass is 10.0. The molecule has 0 aromatic carbocycles. The summed E-state index contributed by atoms with van der Waals surface area (Å²) >= 11 is 0. The van der Waals surface area contributed by atoms with Gasteiger partial charge in [-0.15, -0.1) is 0 Å². The Balaban J connectivity index is 3.48. The van der Waals surface area contributed by atoms with Gasteiger partial charge in [-0.25, -0.2) is 0 Å². The third-order valence-corrected chi connectivity index (χ3v) is 15.8. The van der Waals surface area contributed by atoms with E-state index in [2.05, 4.69) is 43.5 Å². The third-order valence-electron chi connectivity index (χ3n) is 15.8. The van der Waals surface area contributed by atoms with E-state index in [0.29, 0.717) is 12.8 Å². The van der Waals surface area contributed by atoms with E-state index in [4.69, 9.17) is 0 Å². The molecule has 5 heteroatoms. The second-order valence-corrected chi connectivity index (χ2v) is 23.0. The van der Waals surface area contributed by atoms with Crippen molar-refractivity contribution >= 4 is 5.91 Å². The van der Waals surface area contributed by atoms with E-state index in [0.717, 1.165) is 44.9 Å². The largest absolute Gasteiger partial charge is 0.394 e. The molecule has 3 unspecified atom stereocenters. The Morgan fingerprint density at radius 3 is 0.847 bits per heavy atom. The summed E-state index contributed by atoms with van der Waals surface area (Å²) in [5.41, 5.74) is 0. The van der Waals surface area contributed by atoms with Crippen molar-refractivity contribution in [3.8, 4) is 0 Å². The second-order valence-electron chi connectivity index (χ2n) is 23.0. The minimum absolute atomic E-state index is 0.150. The Bertz CT molecular complexity index is 1080. The van der Waals surface area contributed by atoms with Crippen molar-refractivity contribution < 1.29 is 20.1 Å². The average Bonchev–Trinajstić information content (AvgIpc) is 3.39. The molecule has 0 fully saturated rings. The first-order chi connectivity index (χ1) is 35.6. The topological polar surface area (TPSA) is 89.8 Å². The molecular weight excluding hydrogens is 883 g/mol. The van der Waals surface area contributed by atoms with Gasteiger partial charge in [0.2, 0.25) is 5.91 Å². The second kappa shape index (κ2) is 62.4. The molecule has 0 aliphatic carbocycles. The van der Waals surface area contributed by atoms with E-state index in [1.165, 1.54) is 302 Å². The van der Waals surface area contributed by atoms with Gasteiger partial charge >= 0.3 is 0 Å². The molecule has 3 atom stereocenters. The summed E-state index contributed by atoms with van der Waals surface area (Å²) in [6.07, 6.45) is 81.0. The maximum absolute atomic E-state index is 12.6. The van der Waals surface area contributed by atoms with E-state index in [-0.39, 0.29) is 12.5 Å². The van der Waals surface area contributed by atoms with Crippen molar-refractivity contribution in [3.05, 3.63) is 24.3 Å². The molecule has 0 saturated carbocycles. The summed E-state index contributed by atoms with van der Waals surface area (Å²) < 4.78 is 0. The van der Waals surface area contributed by atoms with Gasteiger partial charge in [-0.3, -0.25) is 4.79 Å². The predicted octanol–water partition coefficient (Wildman–Crippen LogP) is 21.2. The fourth-order valence-electron chi connectivity index (χ4n) is 10.7. The van der Waals surface area contributed by atoms with E-state index in [1.807, 2.05) is 0 Å². The monoisotopic (exact) mass is 1010 g/mol. The number of hydrogen-bond donors (Lipinski definition) is 4. The fourth-order valence-corrected chi connectivity index (χ4v) is 10.7. The summed E-state index contributed by atoms with van der Waals surface area (Å²) in [5.74, 6) is -0.150. The highest BCUT2D eigenvalue weighted by Gasteiger charge is 2.26. The average molecular weight is 1010 g/mol. The number of hydrogen-bond acceptors (Lipinski definition) is 4. The van der Waals surface area contributed by atoms with Crippen LogP contribution in [-0.2, 0) is 4.79 Å². The first-order valence-corrected chi connectivity index (χ1v) is 33.1. The Morgan fingerprint density at radius 2 is 0.569 bits per heavy atom. The quantitative estimate of drug-likeness (QED) is 0.0361. The number of carbonyl (C=O) groups is 1. The lowest BCUT2D eigenvalue weighted by molar-refractivity contribution is -0.124. The molecule has 0 spiro atoms. The third kappa shape index (κ3) is 56.6. The van der Waals surface area contributed by atoms with Crippen LogP contribution < -0.4 is 5.32 Å². The van der Waals surface area contributed by atoms with E-state index in [1.54, 1.807) is 0 Å². The summed E-state index contributed by atoms with van der Waals surface area (Å²) in [4.78, 5) is 12.6. The van der Waals surface area contributed by atoms with Gasteiger partial charge in [-0.2, -0.15) is 0 Å². The van der Waals surface area contributed by atoms with Gasteiger partial charge < -0.3 is 20.6 Å². The van der Waals surface area contributed by atoms with Gasteiger partial charge in [-0.1, -0.05) is 340 Å². The molecule has 0 aliphatic rings.